The molecule has 0 aliphatic heterocycles. The van der Waals surface area contributed by atoms with Crippen LogP contribution < -0.4 is 0 Å². The van der Waals surface area contributed by atoms with Crippen molar-refractivity contribution in [1.29, 1.82) is 0 Å². The lowest BCUT2D eigenvalue weighted by molar-refractivity contribution is 1.02. The Morgan fingerprint density at radius 2 is 2.33 bits per heavy atom. The van der Waals surface area contributed by atoms with E-state index in [0.717, 1.165) is 6.42 Å². The molecule has 1 aromatic heterocycles. The summed E-state index contributed by atoms with van der Waals surface area (Å²) in [6, 6.07) is 4.25. The minimum absolute atomic E-state index is 1.10. The molecule has 0 saturated heterocycles. The standard InChI is InChI=1S/C7H11NS/c1-3-6-4-5-7(8-6)9-2/h4-5,8H,3H2,1-2H3. The number of thioether (sulfide) groups is 1. The highest BCUT2D eigenvalue weighted by Gasteiger charge is 1.91. The second-order valence-electron chi connectivity index (χ2n) is 1.91. The predicted molar refractivity (Wildman–Crippen MR) is 42.0 cm³/mol. The predicted octanol–water partition coefficient (Wildman–Crippen LogP) is 2.30. The number of hydrogen-bond donors (Lipinski definition) is 1. The molecule has 0 bridgehead atoms. The van der Waals surface area contributed by atoms with Crippen LogP contribution in [0, 0.1) is 0 Å². The average Bonchev–Trinajstić information content (AvgIpc) is 2.34. The van der Waals surface area contributed by atoms with Crippen molar-refractivity contribution in [3.63, 3.8) is 0 Å². The van der Waals surface area contributed by atoms with Gasteiger partial charge >= 0.3 is 0 Å². The van der Waals surface area contributed by atoms with Crippen LogP contribution in [0.1, 0.15) is 12.6 Å². The molecular weight excluding hydrogens is 130 g/mol. The summed E-state index contributed by atoms with van der Waals surface area (Å²) in [5.74, 6) is 0. The van der Waals surface area contributed by atoms with Gasteiger partial charge in [0.1, 0.15) is 0 Å². The number of rotatable bonds is 2. The third-order valence-electron chi connectivity index (χ3n) is 1.32. The Balaban J connectivity index is 2.74. The number of H-pyrrole nitrogens is 1. The second-order valence-corrected chi connectivity index (χ2v) is 2.75. The van der Waals surface area contributed by atoms with Crippen molar-refractivity contribution in [3.05, 3.63) is 17.8 Å². The minimum Gasteiger partial charge on any atom is -0.354 e. The van der Waals surface area contributed by atoms with Gasteiger partial charge < -0.3 is 4.98 Å². The first-order valence-corrected chi connectivity index (χ1v) is 4.31. The van der Waals surface area contributed by atoms with E-state index in [1.54, 1.807) is 11.8 Å². The molecule has 0 fully saturated rings. The van der Waals surface area contributed by atoms with Crippen LogP contribution in [-0.2, 0) is 6.42 Å². The molecule has 0 atom stereocenters. The monoisotopic (exact) mass is 141 g/mol. The molecule has 50 valence electrons. The molecule has 1 N–H and O–H groups in total. The number of hydrogen-bond acceptors (Lipinski definition) is 1. The Bertz CT molecular complexity index is 162. The zero-order chi connectivity index (χ0) is 6.69. The molecule has 0 aliphatic carbocycles. The number of aromatic nitrogens is 1. The molecule has 0 spiro atoms. The highest BCUT2D eigenvalue weighted by molar-refractivity contribution is 7.98. The second kappa shape index (κ2) is 2.97. The number of aryl methyl sites for hydroxylation is 1. The van der Waals surface area contributed by atoms with Crippen molar-refractivity contribution in [2.45, 2.75) is 18.4 Å². The molecule has 1 rings (SSSR count). The summed E-state index contributed by atoms with van der Waals surface area (Å²) in [6.45, 7) is 2.15. The lowest BCUT2D eigenvalue weighted by Gasteiger charge is -1.87. The van der Waals surface area contributed by atoms with Crippen molar-refractivity contribution in [2.24, 2.45) is 0 Å². The van der Waals surface area contributed by atoms with Gasteiger partial charge in [-0.1, -0.05) is 6.92 Å². The van der Waals surface area contributed by atoms with E-state index in [-0.39, 0.29) is 0 Å². The van der Waals surface area contributed by atoms with Crippen molar-refractivity contribution in [1.82, 2.24) is 4.98 Å². The number of nitrogens with one attached hydrogen (secondary N) is 1. The Kier molecular flexibility index (Phi) is 2.22. The summed E-state index contributed by atoms with van der Waals surface area (Å²) >= 11 is 1.75. The summed E-state index contributed by atoms with van der Waals surface area (Å²) in [6.07, 6.45) is 3.17. The zero-order valence-electron chi connectivity index (χ0n) is 5.77. The van der Waals surface area contributed by atoms with Gasteiger partial charge in [-0.3, -0.25) is 0 Å². The van der Waals surface area contributed by atoms with E-state index in [0.29, 0.717) is 0 Å². The van der Waals surface area contributed by atoms with Gasteiger partial charge in [-0.15, -0.1) is 11.8 Å². The smallest absolute Gasteiger partial charge is 0.0721 e. The van der Waals surface area contributed by atoms with Crippen LogP contribution in [0.25, 0.3) is 0 Å². The summed E-state index contributed by atoms with van der Waals surface area (Å²) in [4.78, 5) is 3.28. The van der Waals surface area contributed by atoms with Crippen LogP contribution in [0.5, 0.6) is 0 Å². The van der Waals surface area contributed by atoms with Crippen LogP contribution in [-0.4, -0.2) is 11.2 Å². The lowest BCUT2D eigenvalue weighted by atomic mass is 10.4. The van der Waals surface area contributed by atoms with E-state index >= 15 is 0 Å². The van der Waals surface area contributed by atoms with E-state index in [1.165, 1.54) is 10.7 Å². The molecule has 1 nitrogen and oxygen atoms in total. The topological polar surface area (TPSA) is 15.8 Å². The maximum Gasteiger partial charge on any atom is 0.0721 e. The van der Waals surface area contributed by atoms with Crippen molar-refractivity contribution < 1.29 is 0 Å². The summed E-state index contributed by atoms with van der Waals surface area (Å²) < 4.78 is 0. The van der Waals surface area contributed by atoms with Gasteiger partial charge in [0.05, 0.1) is 5.03 Å². The highest BCUT2D eigenvalue weighted by atomic mass is 32.2. The maximum absolute atomic E-state index is 3.28. The fourth-order valence-electron chi connectivity index (χ4n) is 0.743. The van der Waals surface area contributed by atoms with Crippen molar-refractivity contribution >= 4 is 11.8 Å². The summed E-state index contributed by atoms with van der Waals surface area (Å²) in [7, 11) is 0. The van der Waals surface area contributed by atoms with E-state index < -0.39 is 0 Å². The number of aromatic amines is 1. The van der Waals surface area contributed by atoms with E-state index in [9.17, 15) is 0 Å². The van der Waals surface area contributed by atoms with Gasteiger partial charge in [0.15, 0.2) is 0 Å². The minimum atomic E-state index is 1.10. The van der Waals surface area contributed by atoms with Gasteiger partial charge in [-0.25, -0.2) is 0 Å². The first-order valence-electron chi connectivity index (χ1n) is 3.08. The molecule has 0 radical (unpaired) electrons. The molecule has 9 heavy (non-hydrogen) atoms. The molecule has 0 unspecified atom stereocenters. The molecule has 1 heterocycles. The Morgan fingerprint density at radius 1 is 1.56 bits per heavy atom. The van der Waals surface area contributed by atoms with Crippen LogP contribution in [0.2, 0.25) is 0 Å². The molecule has 0 aromatic carbocycles. The van der Waals surface area contributed by atoms with E-state index in [2.05, 4.69) is 30.3 Å². The van der Waals surface area contributed by atoms with Crippen molar-refractivity contribution in [3.8, 4) is 0 Å². The average molecular weight is 141 g/mol. The molecule has 0 aliphatic rings. The van der Waals surface area contributed by atoms with Gasteiger partial charge in [0.25, 0.3) is 0 Å². The molecule has 1 aromatic rings. The lowest BCUT2D eigenvalue weighted by Crippen LogP contribution is -1.76. The SMILES string of the molecule is CCc1ccc(SC)[nH]1. The maximum atomic E-state index is 3.28. The molecular formula is C7H11NS. The third kappa shape index (κ3) is 1.52. The zero-order valence-corrected chi connectivity index (χ0v) is 6.59. The Hall–Kier alpha value is -0.370. The fraction of sp³-hybridized carbons (Fsp3) is 0.429. The Morgan fingerprint density at radius 3 is 2.67 bits per heavy atom. The van der Waals surface area contributed by atoms with Crippen LogP contribution >= 0.6 is 11.8 Å². The Labute approximate surface area is 59.9 Å². The van der Waals surface area contributed by atoms with E-state index in [1.807, 2.05) is 0 Å². The van der Waals surface area contributed by atoms with Gasteiger partial charge in [-0.2, -0.15) is 0 Å². The van der Waals surface area contributed by atoms with E-state index in [4.69, 9.17) is 0 Å². The van der Waals surface area contributed by atoms with Gasteiger partial charge in [0.2, 0.25) is 0 Å². The van der Waals surface area contributed by atoms with Crippen LogP contribution in [0.3, 0.4) is 0 Å². The molecule has 2 heteroatoms. The first kappa shape index (κ1) is 6.75. The quantitative estimate of drug-likeness (QED) is 0.625. The van der Waals surface area contributed by atoms with Crippen molar-refractivity contribution in [2.75, 3.05) is 6.26 Å². The first-order chi connectivity index (χ1) is 4.36. The normalized spacial score (nSPS) is 10.0. The molecule has 0 saturated carbocycles. The largest absolute Gasteiger partial charge is 0.354 e. The summed E-state index contributed by atoms with van der Waals surface area (Å²) in [5.41, 5.74) is 1.32. The van der Waals surface area contributed by atoms with Gasteiger partial charge in [-0.05, 0) is 24.8 Å². The third-order valence-corrected chi connectivity index (χ3v) is 2.00. The fourth-order valence-corrected chi connectivity index (χ4v) is 1.18. The molecule has 0 amide bonds. The van der Waals surface area contributed by atoms with Crippen LogP contribution in [0.4, 0.5) is 0 Å². The van der Waals surface area contributed by atoms with Gasteiger partial charge in [0, 0.05) is 5.69 Å². The summed E-state index contributed by atoms with van der Waals surface area (Å²) in [5, 5.41) is 1.26. The highest BCUT2D eigenvalue weighted by Crippen LogP contribution is 2.12. The van der Waals surface area contributed by atoms with Crippen LogP contribution in [0.15, 0.2) is 17.2 Å².